The van der Waals surface area contributed by atoms with Crippen LogP contribution in [0.15, 0.2) is 43.5 Å². The van der Waals surface area contributed by atoms with Crippen molar-refractivity contribution in [1.29, 1.82) is 0 Å². The molecule has 21 heavy (non-hydrogen) atoms. The molecule has 1 aromatic carbocycles. The Hall–Kier alpha value is -0.210. The van der Waals surface area contributed by atoms with Gasteiger partial charge in [0.2, 0.25) is 10.0 Å². The Morgan fingerprint density at radius 1 is 1.24 bits per heavy atom. The molecule has 1 unspecified atom stereocenters. The molecule has 0 spiro atoms. The molecule has 1 atom stereocenters. The maximum absolute atomic E-state index is 12.6. The van der Waals surface area contributed by atoms with Crippen LogP contribution in [-0.4, -0.2) is 8.42 Å². The molecule has 0 saturated heterocycles. The summed E-state index contributed by atoms with van der Waals surface area (Å²) in [4.78, 5) is 1.57. The van der Waals surface area contributed by atoms with Crippen molar-refractivity contribution in [1.82, 2.24) is 4.72 Å². The first kappa shape index (κ1) is 15.7. The smallest absolute Gasteiger partial charge is 0.207 e. The highest BCUT2D eigenvalue weighted by molar-refractivity contribution is 9.11. The maximum atomic E-state index is 12.6. The monoisotopic (exact) mass is 449 g/mol. The van der Waals surface area contributed by atoms with Crippen molar-refractivity contribution in [3.63, 3.8) is 0 Å². The summed E-state index contributed by atoms with van der Waals surface area (Å²) in [7, 11) is -3.54. The van der Waals surface area contributed by atoms with Gasteiger partial charge in [0.05, 0.1) is 4.90 Å². The normalized spacial score (nSPS) is 18.5. The molecule has 0 saturated carbocycles. The first-order chi connectivity index (χ1) is 9.97. The summed E-state index contributed by atoms with van der Waals surface area (Å²) in [6.45, 7) is 0. The number of nitrogens with one attached hydrogen (secondary N) is 1. The molecule has 0 amide bonds. The van der Waals surface area contributed by atoms with Crippen molar-refractivity contribution < 1.29 is 8.42 Å². The van der Waals surface area contributed by atoms with Gasteiger partial charge in [-0.15, -0.1) is 11.3 Å². The van der Waals surface area contributed by atoms with Gasteiger partial charge in [0.15, 0.2) is 0 Å². The number of hydrogen-bond acceptors (Lipinski definition) is 3. The number of rotatable bonds is 3. The van der Waals surface area contributed by atoms with Crippen LogP contribution in [-0.2, 0) is 16.4 Å². The van der Waals surface area contributed by atoms with Crippen molar-refractivity contribution >= 4 is 53.2 Å². The van der Waals surface area contributed by atoms with E-state index in [-0.39, 0.29) is 10.9 Å². The Balaban J connectivity index is 1.91. The molecule has 3 nitrogen and oxygen atoms in total. The molecule has 0 aliphatic heterocycles. The Kier molecular flexibility index (Phi) is 4.57. The highest BCUT2D eigenvalue weighted by atomic mass is 79.9. The molecule has 0 bridgehead atoms. The van der Waals surface area contributed by atoms with Gasteiger partial charge in [0, 0.05) is 19.9 Å². The summed E-state index contributed by atoms with van der Waals surface area (Å²) in [5.41, 5.74) is 1.13. The summed E-state index contributed by atoms with van der Waals surface area (Å²) in [6, 6.07) is 6.99. The molecule has 1 aromatic heterocycles. The number of aryl methyl sites for hydroxylation is 1. The van der Waals surface area contributed by atoms with Gasteiger partial charge < -0.3 is 0 Å². The van der Waals surface area contributed by atoms with Gasteiger partial charge in [0.25, 0.3) is 0 Å². The van der Waals surface area contributed by atoms with E-state index in [4.69, 9.17) is 0 Å². The summed E-state index contributed by atoms with van der Waals surface area (Å²) < 4.78 is 29.5. The number of benzene rings is 1. The lowest BCUT2D eigenvalue weighted by atomic mass is 9.95. The zero-order valence-corrected chi connectivity index (χ0v) is 15.8. The van der Waals surface area contributed by atoms with Gasteiger partial charge in [-0.25, -0.2) is 13.1 Å². The van der Waals surface area contributed by atoms with E-state index in [0.717, 1.165) is 29.3 Å². The number of sulfonamides is 1. The Morgan fingerprint density at radius 2 is 2.05 bits per heavy atom. The van der Waals surface area contributed by atoms with Crippen LogP contribution in [0.2, 0.25) is 0 Å². The molecule has 1 aliphatic rings. The third-order valence-corrected chi connectivity index (χ3v) is 7.47. The fourth-order valence-corrected chi connectivity index (χ4v) is 6.54. The third-order valence-electron chi connectivity index (χ3n) is 3.53. The average molecular weight is 451 g/mol. The van der Waals surface area contributed by atoms with Crippen LogP contribution >= 0.6 is 43.2 Å². The SMILES string of the molecule is O=S(=O)(NC1CCCc2sccc21)c1ccc(Br)cc1Br. The second kappa shape index (κ2) is 6.12. The zero-order valence-electron chi connectivity index (χ0n) is 11.0. The Bertz CT molecular complexity index is 771. The lowest BCUT2D eigenvalue weighted by molar-refractivity contribution is 0.511. The summed E-state index contributed by atoms with van der Waals surface area (Å²) >= 11 is 8.36. The van der Waals surface area contributed by atoms with Crippen molar-refractivity contribution in [3.05, 3.63) is 49.0 Å². The maximum Gasteiger partial charge on any atom is 0.242 e. The highest BCUT2D eigenvalue weighted by Crippen LogP contribution is 2.35. The minimum atomic E-state index is -3.54. The lowest BCUT2D eigenvalue weighted by Gasteiger charge is -2.23. The van der Waals surface area contributed by atoms with Crippen LogP contribution in [0.1, 0.15) is 29.3 Å². The molecule has 1 aliphatic carbocycles. The van der Waals surface area contributed by atoms with E-state index in [9.17, 15) is 8.42 Å². The van der Waals surface area contributed by atoms with Crippen LogP contribution in [0, 0.1) is 0 Å². The van der Waals surface area contributed by atoms with Gasteiger partial charge in [-0.1, -0.05) is 15.9 Å². The first-order valence-corrected chi connectivity index (χ1v) is 10.5. The molecule has 0 radical (unpaired) electrons. The molecule has 1 heterocycles. The number of thiophene rings is 1. The summed E-state index contributed by atoms with van der Waals surface area (Å²) in [5, 5.41) is 2.03. The van der Waals surface area contributed by atoms with Crippen LogP contribution in [0.4, 0.5) is 0 Å². The standard InChI is InChI=1S/C14H13Br2NO2S2/c15-9-4-5-14(11(16)8-9)21(18,19)17-12-2-1-3-13-10(12)6-7-20-13/h4-8,12,17H,1-3H2. The fourth-order valence-electron chi connectivity index (χ4n) is 2.55. The second-order valence-electron chi connectivity index (χ2n) is 4.94. The first-order valence-electron chi connectivity index (χ1n) is 6.51. The minimum Gasteiger partial charge on any atom is -0.207 e. The van der Waals surface area contributed by atoms with Crippen molar-refractivity contribution in [2.75, 3.05) is 0 Å². The van der Waals surface area contributed by atoms with Gasteiger partial charge in [0.1, 0.15) is 0 Å². The molecule has 112 valence electrons. The van der Waals surface area contributed by atoms with E-state index < -0.39 is 10.0 Å². The molecule has 1 N–H and O–H groups in total. The summed E-state index contributed by atoms with van der Waals surface area (Å²) in [6.07, 6.45) is 2.91. The molecular weight excluding hydrogens is 438 g/mol. The van der Waals surface area contributed by atoms with Gasteiger partial charge in [-0.2, -0.15) is 0 Å². The van der Waals surface area contributed by atoms with E-state index in [1.54, 1.807) is 29.5 Å². The highest BCUT2D eigenvalue weighted by Gasteiger charge is 2.27. The topological polar surface area (TPSA) is 46.2 Å². The van der Waals surface area contributed by atoms with Crippen LogP contribution in [0.3, 0.4) is 0 Å². The fraction of sp³-hybridized carbons (Fsp3) is 0.286. The molecule has 7 heteroatoms. The number of fused-ring (bicyclic) bond motifs is 1. The van der Waals surface area contributed by atoms with Crippen molar-refractivity contribution in [2.24, 2.45) is 0 Å². The number of hydrogen-bond donors (Lipinski definition) is 1. The molecular formula is C14H13Br2NO2S2. The molecule has 2 aromatic rings. The predicted octanol–water partition coefficient (Wildman–Crippen LogP) is 4.63. The number of halogens is 2. The predicted molar refractivity (Wildman–Crippen MR) is 92.2 cm³/mol. The van der Waals surface area contributed by atoms with E-state index in [1.807, 2.05) is 11.4 Å². The Labute approximate surface area is 145 Å². The average Bonchev–Trinajstić information content (AvgIpc) is 2.87. The van der Waals surface area contributed by atoms with Crippen LogP contribution in [0.25, 0.3) is 0 Å². The second-order valence-corrected chi connectivity index (χ2v) is 9.39. The Morgan fingerprint density at radius 3 is 2.81 bits per heavy atom. The van der Waals surface area contributed by atoms with Gasteiger partial charge in [-0.05, 0) is 70.4 Å². The quantitative estimate of drug-likeness (QED) is 0.740. The van der Waals surface area contributed by atoms with Crippen molar-refractivity contribution in [2.45, 2.75) is 30.2 Å². The zero-order chi connectivity index (χ0) is 15.0. The van der Waals surface area contributed by atoms with E-state index in [1.165, 1.54) is 4.88 Å². The van der Waals surface area contributed by atoms with Gasteiger partial charge >= 0.3 is 0 Å². The largest absolute Gasteiger partial charge is 0.242 e. The van der Waals surface area contributed by atoms with Crippen LogP contribution < -0.4 is 4.72 Å². The van der Waals surface area contributed by atoms with Gasteiger partial charge in [-0.3, -0.25) is 0 Å². The van der Waals surface area contributed by atoms with Crippen LogP contribution in [0.5, 0.6) is 0 Å². The third kappa shape index (κ3) is 3.27. The van der Waals surface area contributed by atoms with E-state index in [2.05, 4.69) is 36.6 Å². The minimum absolute atomic E-state index is 0.124. The molecule has 3 rings (SSSR count). The summed E-state index contributed by atoms with van der Waals surface area (Å²) in [5.74, 6) is 0. The van der Waals surface area contributed by atoms with E-state index in [0.29, 0.717) is 4.47 Å². The molecule has 0 fully saturated rings. The van der Waals surface area contributed by atoms with E-state index >= 15 is 0 Å². The lowest BCUT2D eigenvalue weighted by Crippen LogP contribution is -2.30. The van der Waals surface area contributed by atoms with Crippen molar-refractivity contribution in [3.8, 4) is 0 Å².